The molecular weight excluding hydrogens is 294 g/mol. The summed E-state index contributed by atoms with van der Waals surface area (Å²) in [5.41, 5.74) is 6.75. The van der Waals surface area contributed by atoms with E-state index in [4.69, 9.17) is 22.1 Å². The fraction of sp³-hybridized carbons (Fsp3) is 0.308. The Morgan fingerprint density at radius 3 is 3.00 bits per heavy atom. The second-order valence-electron chi connectivity index (χ2n) is 4.38. The molecule has 3 N–H and O–H groups in total. The molecule has 0 aliphatic carbocycles. The van der Waals surface area contributed by atoms with Crippen LogP contribution in [0.15, 0.2) is 24.4 Å². The standard InChI is InChI=1S/C13H16ClN5O2/c1-8(19-10(6-15)7-16-18-19)13(20)17-11-5-9(14)3-4-12(11)21-2/h3-5,7-8H,6,15H2,1-2H3,(H,17,20). The van der Waals surface area contributed by atoms with Crippen molar-refractivity contribution < 1.29 is 9.53 Å². The third-order valence-electron chi connectivity index (χ3n) is 3.02. The minimum Gasteiger partial charge on any atom is -0.495 e. The first-order valence-electron chi connectivity index (χ1n) is 6.30. The number of halogens is 1. The Balaban J connectivity index is 2.20. The number of hydrogen-bond acceptors (Lipinski definition) is 5. The lowest BCUT2D eigenvalue weighted by Gasteiger charge is -2.16. The third kappa shape index (κ3) is 3.32. The summed E-state index contributed by atoms with van der Waals surface area (Å²) in [5, 5.41) is 10.9. The van der Waals surface area contributed by atoms with Gasteiger partial charge in [0.25, 0.3) is 0 Å². The minimum atomic E-state index is -0.560. The predicted octanol–water partition coefficient (Wildman–Crippen LogP) is 1.60. The molecule has 0 saturated carbocycles. The molecule has 1 heterocycles. The van der Waals surface area contributed by atoms with Gasteiger partial charge in [-0.05, 0) is 25.1 Å². The number of rotatable bonds is 5. The van der Waals surface area contributed by atoms with Crippen LogP contribution in [0.5, 0.6) is 5.75 Å². The zero-order valence-corrected chi connectivity index (χ0v) is 12.5. The highest BCUT2D eigenvalue weighted by molar-refractivity contribution is 6.31. The number of carbonyl (C=O) groups is 1. The van der Waals surface area contributed by atoms with Crippen molar-refractivity contribution in [2.75, 3.05) is 12.4 Å². The Labute approximate surface area is 127 Å². The van der Waals surface area contributed by atoms with Crippen molar-refractivity contribution in [3.05, 3.63) is 35.1 Å². The largest absolute Gasteiger partial charge is 0.495 e. The highest BCUT2D eigenvalue weighted by atomic mass is 35.5. The number of hydrogen-bond donors (Lipinski definition) is 2. The van der Waals surface area contributed by atoms with Crippen LogP contribution in [0.3, 0.4) is 0 Å². The second-order valence-corrected chi connectivity index (χ2v) is 4.82. The molecule has 1 unspecified atom stereocenters. The lowest BCUT2D eigenvalue weighted by atomic mass is 10.2. The van der Waals surface area contributed by atoms with Crippen molar-refractivity contribution in [3.63, 3.8) is 0 Å². The smallest absolute Gasteiger partial charge is 0.249 e. The van der Waals surface area contributed by atoms with Gasteiger partial charge in [-0.3, -0.25) is 4.79 Å². The average molecular weight is 310 g/mol. The topological polar surface area (TPSA) is 95.1 Å². The van der Waals surface area contributed by atoms with Crippen LogP contribution in [-0.4, -0.2) is 28.0 Å². The van der Waals surface area contributed by atoms with Gasteiger partial charge in [0, 0.05) is 11.6 Å². The maximum Gasteiger partial charge on any atom is 0.249 e. The van der Waals surface area contributed by atoms with Gasteiger partial charge >= 0.3 is 0 Å². The number of nitrogens with zero attached hydrogens (tertiary/aromatic N) is 3. The Bertz CT molecular complexity index is 643. The number of methoxy groups -OCH3 is 1. The van der Waals surface area contributed by atoms with Crippen LogP contribution in [-0.2, 0) is 11.3 Å². The van der Waals surface area contributed by atoms with Gasteiger partial charge in [0.1, 0.15) is 11.8 Å². The van der Waals surface area contributed by atoms with E-state index < -0.39 is 6.04 Å². The molecule has 2 rings (SSSR count). The summed E-state index contributed by atoms with van der Waals surface area (Å²) in [6.45, 7) is 1.96. The van der Waals surface area contributed by atoms with Crippen LogP contribution < -0.4 is 15.8 Å². The van der Waals surface area contributed by atoms with E-state index in [0.717, 1.165) is 0 Å². The number of aromatic nitrogens is 3. The molecule has 112 valence electrons. The van der Waals surface area contributed by atoms with Crippen molar-refractivity contribution in [2.45, 2.75) is 19.5 Å². The molecule has 1 atom stereocenters. The summed E-state index contributed by atoms with van der Waals surface area (Å²) >= 11 is 5.93. The number of benzene rings is 1. The van der Waals surface area contributed by atoms with Crippen molar-refractivity contribution in [3.8, 4) is 5.75 Å². The number of anilines is 1. The normalized spacial score (nSPS) is 12.0. The molecule has 8 heteroatoms. The molecule has 0 saturated heterocycles. The van der Waals surface area contributed by atoms with Gasteiger partial charge in [-0.2, -0.15) is 0 Å². The van der Waals surface area contributed by atoms with Gasteiger partial charge < -0.3 is 15.8 Å². The van der Waals surface area contributed by atoms with E-state index in [1.54, 1.807) is 25.1 Å². The van der Waals surface area contributed by atoms with Gasteiger partial charge in [-0.15, -0.1) is 5.10 Å². The molecule has 1 amide bonds. The molecule has 21 heavy (non-hydrogen) atoms. The molecule has 0 aliphatic rings. The second kappa shape index (κ2) is 6.55. The Hall–Kier alpha value is -2.12. The molecule has 0 aliphatic heterocycles. The van der Waals surface area contributed by atoms with Crippen LogP contribution in [0.25, 0.3) is 0 Å². The Kier molecular flexibility index (Phi) is 4.77. The van der Waals surface area contributed by atoms with Gasteiger partial charge in [-0.1, -0.05) is 16.8 Å². The van der Waals surface area contributed by atoms with Crippen LogP contribution in [0.2, 0.25) is 5.02 Å². The van der Waals surface area contributed by atoms with Crippen molar-refractivity contribution >= 4 is 23.2 Å². The van der Waals surface area contributed by atoms with E-state index >= 15 is 0 Å². The molecule has 1 aromatic heterocycles. The van der Waals surface area contributed by atoms with E-state index in [1.165, 1.54) is 18.0 Å². The van der Waals surface area contributed by atoms with Crippen LogP contribution >= 0.6 is 11.6 Å². The SMILES string of the molecule is COc1ccc(Cl)cc1NC(=O)C(C)n1nncc1CN. The summed E-state index contributed by atoms with van der Waals surface area (Å²) in [5.74, 6) is 0.258. The number of nitrogens with one attached hydrogen (secondary N) is 1. The zero-order valence-electron chi connectivity index (χ0n) is 11.7. The van der Waals surface area contributed by atoms with Crippen LogP contribution in [0.4, 0.5) is 5.69 Å². The maximum atomic E-state index is 12.3. The molecule has 2 aromatic rings. The molecule has 0 fully saturated rings. The predicted molar refractivity (Wildman–Crippen MR) is 79.3 cm³/mol. The third-order valence-corrected chi connectivity index (χ3v) is 3.26. The van der Waals surface area contributed by atoms with Gasteiger partial charge in [0.2, 0.25) is 5.91 Å². The lowest BCUT2D eigenvalue weighted by molar-refractivity contribution is -0.119. The van der Waals surface area contributed by atoms with Crippen LogP contribution in [0.1, 0.15) is 18.7 Å². The summed E-state index contributed by atoms with van der Waals surface area (Å²) in [6, 6.07) is 4.43. The first kappa shape index (κ1) is 15.3. The Morgan fingerprint density at radius 2 is 2.33 bits per heavy atom. The summed E-state index contributed by atoms with van der Waals surface area (Å²) in [4.78, 5) is 12.3. The molecule has 7 nitrogen and oxygen atoms in total. The average Bonchev–Trinajstić information content (AvgIpc) is 2.95. The van der Waals surface area contributed by atoms with Crippen molar-refractivity contribution in [1.29, 1.82) is 0 Å². The van der Waals surface area contributed by atoms with Gasteiger partial charge in [0.15, 0.2) is 0 Å². The zero-order chi connectivity index (χ0) is 15.4. The highest BCUT2D eigenvalue weighted by Gasteiger charge is 2.20. The van der Waals surface area contributed by atoms with E-state index in [-0.39, 0.29) is 12.5 Å². The minimum absolute atomic E-state index is 0.255. The molecular formula is C13H16ClN5O2. The van der Waals surface area contributed by atoms with E-state index in [1.807, 2.05) is 0 Å². The fourth-order valence-corrected chi connectivity index (χ4v) is 2.04. The van der Waals surface area contributed by atoms with E-state index in [9.17, 15) is 4.79 Å². The Morgan fingerprint density at radius 1 is 1.57 bits per heavy atom. The number of ether oxygens (including phenoxy) is 1. The quantitative estimate of drug-likeness (QED) is 0.874. The molecule has 0 radical (unpaired) electrons. The van der Waals surface area contributed by atoms with E-state index in [2.05, 4.69) is 15.6 Å². The van der Waals surface area contributed by atoms with Crippen molar-refractivity contribution in [2.24, 2.45) is 5.73 Å². The lowest BCUT2D eigenvalue weighted by Crippen LogP contribution is -2.26. The summed E-state index contributed by atoms with van der Waals surface area (Å²) < 4.78 is 6.67. The van der Waals surface area contributed by atoms with E-state index in [0.29, 0.717) is 22.2 Å². The first-order valence-corrected chi connectivity index (χ1v) is 6.68. The fourth-order valence-electron chi connectivity index (χ4n) is 1.86. The molecule has 0 spiro atoms. The summed E-state index contributed by atoms with van der Waals surface area (Å²) in [7, 11) is 1.52. The molecule has 1 aromatic carbocycles. The summed E-state index contributed by atoms with van der Waals surface area (Å²) in [6.07, 6.45) is 1.53. The monoisotopic (exact) mass is 309 g/mol. The number of nitrogens with two attached hydrogens (primary N) is 1. The van der Waals surface area contributed by atoms with Gasteiger partial charge in [0.05, 0.1) is 24.7 Å². The van der Waals surface area contributed by atoms with Gasteiger partial charge in [-0.25, -0.2) is 4.68 Å². The number of amides is 1. The first-order chi connectivity index (χ1) is 10.1. The number of carbonyl (C=O) groups excluding carboxylic acids is 1. The highest BCUT2D eigenvalue weighted by Crippen LogP contribution is 2.28. The van der Waals surface area contributed by atoms with Crippen molar-refractivity contribution in [1.82, 2.24) is 15.0 Å². The van der Waals surface area contributed by atoms with Crippen LogP contribution in [0, 0.1) is 0 Å². The maximum absolute atomic E-state index is 12.3. The molecule has 0 bridgehead atoms.